The van der Waals surface area contributed by atoms with E-state index in [1.807, 2.05) is 0 Å². The normalized spacial score (nSPS) is 38.2. The molecule has 2 rings (SSSR count). The average Bonchev–Trinajstić information content (AvgIpc) is 2.25. The van der Waals surface area contributed by atoms with E-state index in [0.29, 0.717) is 0 Å². The molecule has 1 saturated heterocycles. The summed E-state index contributed by atoms with van der Waals surface area (Å²) in [6, 6.07) is 0. The summed E-state index contributed by atoms with van der Waals surface area (Å²) in [6.45, 7) is 1.71. The summed E-state index contributed by atoms with van der Waals surface area (Å²) in [5.74, 6) is -1.31. The zero-order valence-corrected chi connectivity index (χ0v) is 6.61. The Morgan fingerprint density at radius 1 is 1.42 bits per heavy atom. The van der Waals surface area contributed by atoms with Crippen molar-refractivity contribution in [2.45, 2.75) is 6.92 Å². The van der Waals surface area contributed by atoms with Gasteiger partial charge in [0.15, 0.2) is 0 Å². The quantitative estimate of drug-likeness (QED) is 0.393. The number of esters is 2. The molecule has 12 heavy (non-hydrogen) atoms. The number of cyclic esters (lactones) is 2. The number of rotatable bonds is 0. The summed E-state index contributed by atoms with van der Waals surface area (Å²) in [4.78, 5) is 22.3. The minimum absolute atomic E-state index is 0.421. The van der Waals surface area contributed by atoms with Gasteiger partial charge in [-0.05, 0) is 6.92 Å². The Bertz CT molecular complexity index is 314. The fourth-order valence-corrected chi connectivity index (χ4v) is 1.52. The molecule has 3 heteroatoms. The standard InChI is InChI=1S/C9H8O3/c1-9-5-3-2-4-6(9)7(10)12-8(9)11/h2-6H,1H3/t6-,9+/m0/s1. The monoisotopic (exact) mass is 164 g/mol. The number of allylic oxidation sites excluding steroid dienone is 2. The van der Waals surface area contributed by atoms with E-state index in [0.717, 1.165) is 0 Å². The van der Waals surface area contributed by atoms with Crippen molar-refractivity contribution in [1.29, 1.82) is 0 Å². The lowest BCUT2D eigenvalue weighted by atomic mass is 9.76. The van der Waals surface area contributed by atoms with Crippen LogP contribution in [0.15, 0.2) is 24.3 Å². The first-order chi connectivity index (χ1) is 5.64. The first-order valence-electron chi connectivity index (χ1n) is 3.77. The summed E-state index contributed by atoms with van der Waals surface area (Å²) in [7, 11) is 0. The Morgan fingerprint density at radius 2 is 2.17 bits per heavy atom. The molecule has 0 aromatic rings. The van der Waals surface area contributed by atoms with E-state index in [-0.39, 0.29) is 0 Å². The molecule has 0 spiro atoms. The lowest BCUT2D eigenvalue weighted by Crippen LogP contribution is -2.28. The van der Waals surface area contributed by atoms with Crippen LogP contribution < -0.4 is 0 Å². The highest BCUT2D eigenvalue weighted by Gasteiger charge is 2.52. The summed E-state index contributed by atoms with van der Waals surface area (Å²) >= 11 is 0. The zero-order chi connectivity index (χ0) is 8.77. The molecular weight excluding hydrogens is 156 g/mol. The molecule has 2 aliphatic rings. The van der Waals surface area contributed by atoms with Crippen molar-refractivity contribution in [3.8, 4) is 0 Å². The van der Waals surface area contributed by atoms with E-state index in [1.165, 1.54) is 0 Å². The van der Waals surface area contributed by atoms with Crippen LogP contribution in [0.3, 0.4) is 0 Å². The van der Waals surface area contributed by atoms with Crippen molar-refractivity contribution in [2.24, 2.45) is 11.3 Å². The largest absolute Gasteiger partial charge is 0.392 e. The maximum Gasteiger partial charge on any atom is 0.324 e. The van der Waals surface area contributed by atoms with Crippen LogP contribution in [0.5, 0.6) is 0 Å². The molecular formula is C9H8O3. The third-order valence-corrected chi connectivity index (χ3v) is 2.39. The summed E-state index contributed by atoms with van der Waals surface area (Å²) in [5, 5.41) is 0. The Kier molecular flexibility index (Phi) is 1.25. The summed E-state index contributed by atoms with van der Waals surface area (Å²) in [5.41, 5.74) is -0.758. The van der Waals surface area contributed by atoms with Gasteiger partial charge in [0.2, 0.25) is 0 Å². The van der Waals surface area contributed by atoms with E-state index < -0.39 is 23.3 Å². The molecule has 0 bridgehead atoms. The fraction of sp³-hybridized carbons (Fsp3) is 0.333. The summed E-state index contributed by atoms with van der Waals surface area (Å²) < 4.78 is 4.53. The second-order valence-corrected chi connectivity index (χ2v) is 3.21. The Morgan fingerprint density at radius 3 is 2.83 bits per heavy atom. The van der Waals surface area contributed by atoms with Crippen LogP contribution >= 0.6 is 0 Å². The van der Waals surface area contributed by atoms with E-state index in [2.05, 4.69) is 4.74 Å². The van der Waals surface area contributed by atoms with Crippen LogP contribution in [-0.2, 0) is 14.3 Å². The van der Waals surface area contributed by atoms with Crippen LogP contribution in [0.25, 0.3) is 0 Å². The third kappa shape index (κ3) is 0.706. The molecule has 1 aliphatic heterocycles. The van der Waals surface area contributed by atoms with Gasteiger partial charge in [0.1, 0.15) is 5.41 Å². The molecule has 0 N–H and O–H groups in total. The van der Waals surface area contributed by atoms with Crippen molar-refractivity contribution in [3.05, 3.63) is 24.3 Å². The molecule has 62 valence electrons. The number of carbonyl (C=O) groups excluding carboxylic acids is 2. The minimum Gasteiger partial charge on any atom is -0.392 e. The van der Waals surface area contributed by atoms with Gasteiger partial charge in [0.05, 0.1) is 5.92 Å². The van der Waals surface area contributed by atoms with Gasteiger partial charge in [-0.1, -0.05) is 24.3 Å². The van der Waals surface area contributed by atoms with E-state index in [4.69, 9.17) is 0 Å². The molecule has 3 nitrogen and oxygen atoms in total. The molecule has 0 unspecified atom stereocenters. The van der Waals surface area contributed by atoms with Gasteiger partial charge >= 0.3 is 11.9 Å². The van der Waals surface area contributed by atoms with Crippen molar-refractivity contribution in [2.75, 3.05) is 0 Å². The molecule has 0 amide bonds. The lowest BCUT2D eigenvalue weighted by molar-refractivity contribution is -0.154. The lowest BCUT2D eigenvalue weighted by Gasteiger charge is -2.20. The second-order valence-electron chi connectivity index (χ2n) is 3.21. The average molecular weight is 164 g/mol. The maximum absolute atomic E-state index is 11.2. The number of fused-ring (bicyclic) bond motifs is 1. The number of hydrogen-bond acceptors (Lipinski definition) is 3. The van der Waals surface area contributed by atoms with Crippen LogP contribution in [0.4, 0.5) is 0 Å². The molecule has 0 saturated carbocycles. The highest BCUT2D eigenvalue weighted by atomic mass is 16.6. The van der Waals surface area contributed by atoms with Gasteiger partial charge in [0.25, 0.3) is 0 Å². The minimum atomic E-state index is -0.758. The maximum atomic E-state index is 11.2. The van der Waals surface area contributed by atoms with Crippen LogP contribution in [0, 0.1) is 11.3 Å². The van der Waals surface area contributed by atoms with E-state index >= 15 is 0 Å². The van der Waals surface area contributed by atoms with Crippen molar-refractivity contribution >= 4 is 11.9 Å². The zero-order valence-electron chi connectivity index (χ0n) is 6.61. The van der Waals surface area contributed by atoms with Crippen LogP contribution in [-0.4, -0.2) is 11.9 Å². The fourth-order valence-electron chi connectivity index (χ4n) is 1.52. The Balaban J connectivity index is 2.49. The van der Waals surface area contributed by atoms with Gasteiger partial charge in [-0.15, -0.1) is 0 Å². The van der Waals surface area contributed by atoms with Crippen molar-refractivity contribution < 1.29 is 14.3 Å². The highest BCUT2D eigenvalue weighted by molar-refractivity contribution is 6.01. The topological polar surface area (TPSA) is 43.4 Å². The highest BCUT2D eigenvalue weighted by Crippen LogP contribution is 2.40. The molecule has 1 fully saturated rings. The van der Waals surface area contributed by atoms with E-state index in [9.17, 15) is 9.59 Å². The molecule has 0 aromatic carbocycles. The van der Waals surface area contributed by atoms with Gasteiger partial charge in [-0.3, -0.25) is 9.59 Å². The predicted molar refractivity (Wildman–Crippen MR) is 41.0 cm³/mol. The summed E-state index contributed by atoms with van der Waals surface area (Å²) in [6.07, 6.45) is 6.93. The van der Waals surface area contributed by atoms with E-state index in [1.54, 1.807) is 31.2 Å². The van der Waals surface area contributed by atoms with Crippen LogP contribution in [0.2, 0.25) is 0 Å². The molecule has 1 heterocycles. The second kappa shape index (κ2) is 2.06. The predicted octanol–water partition coefficient (Wildman–Crippen LogP) is 0.818. The van der Waals surface area contributed by atoms with Gasteiger partial charge < -0.3 is 4.74 Å². The molecule has 0 aromatic heterocycles. The first-order valence-corrected chi connectivity index (χ1v) is 3.77. The number of ether oxygens (including phenoxy) is 1. The first kappa shape index (κ1) is 7.28. The van der Waals surface area contributed by atoms with Gasteiger partial charge in [-0.25, -0.2) is 0 Å². The smallest absolute Gasteiger partial charge is 0.324 e. The van der Waals surface area contributed by atoms with Gasteiger partial charge in [-0.2, -0.15) is 0 Å². The van der Waals surface area contributed by atoms with Crippen molar-refractivity contribution in [3.63, 3.8) is 0 Å². The van der Waals surface area contributed by atoms with Gasteiger partial charge in [0, 0.05) is 0 Å². The molecule has 0 radical (unpaired) electrons. The molecule has 2 atom stereocenters. The Labute approximate surface area is 69.7 Å². The number of hydrogen-bond donors (Lipinski definition) is 0. The van der Waals surface area contributed by atoms with Crippen LogP contribution in [0.1, 0.15) is 6.92 Å². The SMILES string of the molecule is C[C@@]12C=CC=C[C@H]1C(=O)OC2=O. The van der Waals surface area contributed by atoms with Crippen molar-refractivity contribution in [1.82, 2.24) is 0 Å². The molecule has 1 aliphatic carbocycles. The number of carbonyl (C=O) groups is 2. The third-order valence-electron chi connectivity index (χ3n) is 2.39. The Hall–Kier alpha value is -1.38.